The maximum atomic E-state index is 12.1. The zero-order valence-corrected chi connectivity index (χ0v) is 14.7. The number of aryl methyl sites for hydroxylation is 1. The quantitative estimate of drug-likeness (QED) is 0.415. The summed E-state index contributed by atoms with van der Waals surface area (Å²) in [5.74, 6) is 0.575. The van der Waals surface area contributed by atoms with Crippen molar-refractivity contribution in [3.63, 3.8) is 0 Å². The number of carbonyl (C=O) groups excluding carboxylic acids is 1. The topological polar surface area (TPSA) is 94.8 Å². The highest BCUT2D eigenvalue weighted by Gasteiger charge is 2.09. The highest BCUT2D eigenvalue weighted by atomic mass is 16.3. The number of aromatic hydroxyl groups is 1. The minimum absolute atomic E-state index is 0.000585. The number of phenolic OH excluding ortho intramolecular Hbond substituents is 1. The van der Waals surface area contributed by atoms with Crippen molar-refractivity contribution in [2.45, 2.75) is 13.5 Å². The zero-order chi connectivity index (χ0) is 18.2. The Morgan fingerprint density at radius 3 is 2.68 bits per heavy atom. The number of benzene rings is 1. The third-order valence-corrected chi connectivity index (χ3v) is 3.40. The molecule has 1 amide bonds. The number of anilines is 1. The van der Waals surface area contributed by atoms with Crippen LogP contribution in [0.15, 0.2) is 41.7 Å². The van der Waals surface area contributed by atoms with Crippen molar-refractivity contribution in [1.29, 1.82) is 0 Å². The van der Waals surface area contributed by atoms with E-state index < -0.39 is 0 Å². The van der Waals surface area contributed by atoms with E-state index in [1.54, 1.807) is 23.0 Å². The molecule has 1 heterocycles. The molecule has 8 heteroatoms. The second-order valence-corrected chi connectivity index (χ2v) is 5.64. The van der Waals surface area contributed by atoms with Crippen LogP contribution in [-0.4, -0.2) is 51.8 Å². The minimum atomic E-state index is -0.226. The number of nitrogens with one attached hydrogen (secondary N) is 2. The molecule has 25 heavy (non-hydrogen) atoms. The lowest BCUT2D eigenvalue weighted by atomic mass is 10.3. The van der Waals surface area contributed by atoms with Gasteiger partial charge in [0.2, 0.25) is 5.91 Å². The van der Waals surface area contributed by atoms with Crippen molar-refractivity contribution in [3.8, 4) is 5.75 Å². The van der Waals surface area contributed by atoms with Gasteiger partial charge in [-0.3, -0.25) is 9.48 Å². The molecule has 1 aromatic carbocycles. The first-order valence-corrected chi connectivity index (χ1v) is 8.03. The van der Waals surface area contributed by atoms with E-state index in [-0.39, 0.29) is 18.2 Å². The van der Waals surface area contributed by atoms with E-state index in [2.05, 4.69) is 20.7 Å². The van der Waals surface area contributed by atoms with Gasteiger partial charge in [0.05, 0.1) is 6.20 Å². The lowest BCUT2D eigenvalue weighted by Gasteiger charge is -2.21. The number of rotatable bonds is 6. The number of nitrogens with zero attached hydrogens (tertiary/aromatic N) is 4. The summed E-state index contributed by atoms with van der Waals surface area (Å²) in [7, 11) is 3.78. The van der Waals surface area contributed by atoms with Gasteiger partial charge < -0.3 is 20.6 Å². The van der Waals surface area contributed by atoms with Crippen molar-refractivity contribution in [2.75, 3.05) is 25.5 Å². The summed E-state index contributed by atoms with van der Waals surface area (Å²) in [6.07, 6.45) is 3.75. The Morgan fingerprint density at radius 2 is 2.08 bits per heavy atom. The molecule has 0 unspecified atom stereocenters. The molecule has 0 aliphatic rings. The molecule has 2 aromatic rings. The van der Waals surface area contributed by atoms with Crippen LogP contribution in [0, 0.1) is 0 Å². The normalized spacial score (nSPS) is 11.2. The summed E-state index contributed by atoms with van der Waals surface area (Å²) < 4.78 is 1.75. The van der Waals surface area contributed by atoms with E-state index in [0.29, 0.717) is 24.7 Å². The fourth-order valence-electron chi connectivity index (χ4n) is 2.26. The Hall–Kier alpha value is -3.03. The molecule has 134 valence electrons. The van der Waals surface area contributed by atoms with E-state index in [4.69, 9.17) is 0 Å². The first-order chi connectivity index (χ1) is 12.0. The standard InChI is InChI=1S/C17H24N6O2/c1-4-18-17(22(2)11-13-9-20-23(3)12-13)19-10-16(25)21-14-5-7-15(24)8-6-14/h5-9,12,24H,4,10-11H2,1-3H3,(H,18,19)(H,21,25). The summed E-state index contributed by atoms with van der Waals surface area (Å²) in [6.45, 7) is 3.32. The maximum Gasteiger partial charge on any atom is 0.246 e. The van der Waals surface area contributed by atoms with Crippen molar-refractivity contribution in [1.82, 2.24) is 20.0 Å². The van der Waals surface area contributed by atoms with Gasteiger partial charge in [-0.15, -0.1) is 0 Å². The molecule has 0 saturated carbocycles. The van der Waals surface area contributed by atoms with Crippen LogP contribution in [0.5, 0.6) is 5.75 Å². The monoisotopic (exact) mass is 344 g/mol. The Morgan fingerprint density at radius 1 is 1.36 bits per heavy atom. The predicted octanol–water partition coefficient (Wildman–Crippen LogP) is 1.16. The van der Waals surface area contributed by atoms with Gasteiger partial charge in [-0.2, -0.15) is 5.10 Å². The van der Waals surface area contributed by atoms with E-state index in [9.17, 15) is 9.90 Å². The molecular weight excluding hydrogens is 320 g/mol. The summed E-state index contributed by atoms with van der Waals surface area (Å²) in [5, 5.41) is 19.3. The summed E-state index contributed by atoms with van der Waals surface area (Å²) in [5.41, 5.74) is 1.68. The number of aliphatic imine (C=N–C) groups is 1. The van der Waals surface area contributed by atoms with E-state index >= 15 is 0 Å². The Bertz CT molecular complexity index is 723. The number of guanidine groups is 1. The van der Waals surface area contributed by atoms with Gasteiger partial charge in [0.15, 0.2) is 5.96 Å². The van der Waals surface area contributed by atoms with Crippen LogP contribution < -0.4 is 10.6 Å². The third kappa shape index (κ3) is 5.83. The average molecular weight is 344 g/mol. The second kappa shape index (κ2) is 8.72. The molecule has 0 aliphatic heterocycles. The summed E-state index contributed by atoms with van der Waals surface area (Å²) >= 11 is 0. The zero-order valence-electron chi connectivity index (χ0n) is 14.7. The molecule has 0 fully saturated rings. The first kappa shape index (κ1) is 18.3. The molecule has 1 aromatic heterocycles. The SMILES string of the molecule is CCNC(=NCC(=O)Nc1ccc(O)cc1)N(C)Cc1cnn(C)c1. The molecule has 0 aliphatic carbocycles. The molecule has 0 atom stereocenters. The first-order valence-electron chi connectivity index (χ1n) is 8.03. The largest absolute Gasteiger partial charge is 0.508 e. The van der Waals surface area contributed by atoms with Gasteiger partial charge >= 0.3 is 0 Å². The van der Waals surface area contributed by atoms with Crippen molar-refractivity contribution in [2.24, 2.45) is 12.0 Å². The molecular formula is C17H24N6O2. The molecule has 0 radical (unpaired) electrons. The van der Waals surface area contributed by atoms with Crippen LogP contribution in [0.4, 0.5) is 5.69 Å². The maximum absolute atomic E-state index is 12.1. The van der Waals surface area contributed by atoms with Crippen molar-refractivity contribution < 1.29 is 9.90 Å². The molecule has 0 spiro atoms. The Labute approximate surface area is 147 Å². The van der Waals surface area contributed by atoms with Crippen LogP contribution in [-0.2, 0) is 18.4 Å². The smallest absolute Gasteiger partial charge is 0.246 e. The highest BCUT2D eigenvalue weighted by Crippen LogP contribution is 2.13. The van der Waals surface area contributed by atoms with Gasteiger partial charge in [0.1, 0.15) is 12.3 Å². The Balaban J connectivity index is 1.95. The van der Waals surface area contributed by atoms with Gasteiger partial charge in [-0.25, -0.2) is 4.99 Å². The van der Waals surface area contributed by atoms with Crippen LogP contribution in [0.3, 0.4) is 0 Å². The van der Waals surface area contributed by atoms with E-state index in [0.717, 1.165) is 5.56 Å². The van der Waals surface area contributed by atoms with E-state index in [1.807, 2.05) is 32.1 Å². The van der Waals surface area contributed by atoms with E-state index in [1.165, 1.54) is 12.1 Å². The van der Waals surface area contributed by atoms with Crippen molar-refractivity contribution in [3.05, 3.63) is 42.2 Å². The van der Waals surface area contributed by atoms with Gasteiger partial charge in [-0.05, 0) is 31.2 Å². The predicted molar refractivity (Wildman–Crippen MR) is 97.4 cm³/mol. The lowest BCUT2D eigenvalue weighted by Crippen LogP contribution is -2.39. The minimum Gasteiger partial charge on any atom is -0.508 e. The van der Waals surface area contributed by atoms with Crippen LogP contribution >= 0.6 is 0 Å². The Kier molecular flexibility index (Phi) is 6.39. The fraction of sp³-hybridized carbons (Fsp3) is 0.353. The summed E-state index contributed by atoms with van der Waals surface area (Å²) in [4.78, 5) is 18.4. The molecule has 8 nitrogen and oxygen atoms in total. The van der Waals surface area contributed by atoms with Crippen molar-refractivity contribution >= 4 is 17.6 Å². The number of phenols is 1. The second-order valence-electron chi connectivity index (χ2n) is 5.64. The van der Waals surface area contributed by atoms with Gasteiger partial charge in [0, 0.05) is 44.6 Å². The lowest BCUT2D eigenvalue weighted by molar-refractivity contribution is -0.114. The number of amides is 1. The molecule has 0 bridgehead atoms. The average Bonchev–Trinajstić information content (AvgIpc) is 2.98. The van der Waals surface area contributed by atoms with Gasteiger partial charge in [-0.1, -0.05) is 0 Å². The molecule has 0 saturated heterocycles. The highest BCUT2D eigenvalue weighted by molar-refractivity contribution is 5.94. The van der Waals surface area contributed by atoms with Crippen LogP contribution in [0.2, 0.25) is 0 Å². The third-order valence-electron chi connectivity index (χ3n) is 3.40. The molecule has 2 rings (SSSR count). The van der Waals surface area contributed by atoms with Crippen LogP contribution in [0.25, 0.3) is 0 Å². The molecule has 3 N–H and O–H groups in total. The van der Waals surface area contributed by atoms with Gasteiger partial charge in [0.25, 0.3) is 0 Å². The fourth-order valence-corrected chi connectivity index (χ4v) is 2.26. The number of aromatic nitrogens is 2. The number of hydrogen-bond donors (Lipinski definition) is 3. The van der Waals surface area contributed by atoms with Crippen LogP contribution in [0.1, 0.15) is 12.5 Å². The summed E-state index contributed by atoms with van der Waals surface area (Å²) in [6, 6.07) is 6.31. The number of hydrogen-bond acceptors (Lipinski definition) is 4. The number of carbonyl (C=O) groups is 1.